The Morgan fingerprint density at radius 3 is 2.56 bits per heavy atom. The van der Waals surface area contributed by atoms with Crippen LogP contribution in [0.5, 0.6) is 0 Å². The molecule has 2 heterocycles. The molecule has 1 atom stereocenters. The lowest BCUT2D eigenvalue weighted by Crippen LogP contribution is -2.36. The predicted octanol–water partition coefficient (Wildman–Crippen LogP) is 4.78. The fourth-order valence-corrected chi connectivity index (χ4v) is 6.72. The maximum atomic E-state index is 14.1. The van der Waals surface area contributed by atoms with Crippen molar-refractivity contribution in [2.24, 2.45) is 5.41 Å². The number of ether oxygens (including phenoxy) is 1. The van der Waals surface area contributed by atoms with E-state index >= 15 is 0 Å². The summed E-state index contributed by atoms with van der Waals surface area (Å²) >= 11 is 0. The number of H-pyrrole nitrogens is 2. The van der Waals surface area contributed by atoms with Crippen LogP contribution in [0.4, 0.5) is 5.69 Å². The molecule has 0 spiro atoms. The lowest BCUT2D eigenvalue weighted by molar-refractivity contribution is 0.0894. The molecular weight excluding hydrogens is 530 g/mol. The van der Waals surface area contributed by atoms with Crippen LogP contribution in [0.1, 0.15) is 59.2 Å². The summed E-state index contributed by atoms with van der Waals surface area (Å²) in [6.07, 6.45) is 5.43. The van der Waals surface area contributed by atoms with Crippen LogP contribution in [-0.2, 0) is 27.4 Å². The van der Waals surface area contributed by atoms with E-state index in [0.29, 0.717) is 23.7 Å². The number of hydrogen-bond donors (Lipinski definition) is 2. The number of sulfone groups is 1. The Kier molecular flexibility index (Phi) is 8.53. The van der Waals surface area contributed by atoms with Gasteiger partial charge in [-0.3, -0.25) is 19.9 Å². The summed E-state index contributed by atoms with van der Waals surface area (Å²) in [5.74, 6) is -0.983. The maximum absolute atomic E-state index is 14.1. The molecule has 39 heavy (non-hydrogen) atoms. The van der Waals surface area contributed by atoms with Crippen LogP contribution < -0.4 is 4.90 Å². The molecule has 2 aromatic heterocycles. The Balaban J connectivity index is 1.72. The van der Waals surface area contributed by atoms with E-state index in [1.54, 1.807) is 11.1 Å². The fraction of sp³-hybridized carbons (Fsp3) is 0.536. The summed E-state index contributed by atoms with van der Waals surface area (Å²) in [6.45, 7) is 11.8. The van der Waals surface area contributed by atoms with Gasteiger partial charge in [-0.2, -0.15) is 10.2 Å². The highest BCUT2D eigenvalue weighted by Crippen LogP contribution is 2.37. The molecule has 1 amide bonds. The lowest BCUT2D eigenvalue weighted by atomic mass is 9.76. The number of benzene rings is 1. The molecule has 1 unspecified atom stereocenters. The third-order valence-corrected chi connectivity index (χ3v) is 9.91. The first-order valence-corrected chi connectivity index (χ1v) is 19.2. The van der Waals surface area contributed by atoms with Crippen molar-refractivity contribution in [3.8, 4) is 0 Å². The lowest BCUT2D eigenvalue weighted by Gasteiger charge is -2.29. The predicted molar refractivity (Wildman–Crippen MR) is 157 cm³/mol. The molecule has 0 radical (unpaired) electrons. The number of nitrogens with zero attached hydrogens (tertiary/aromatic N) is 3. The third kappa shape index (κ3) is 7.46. The van der Waals surface area contributed by atoms with Crippen molar-refractivity contribution in [3.63, 3.8) is 0 Å². The second-order valence-corrected chi connectivity index (χ2v) is 20.5. The van der Waals surface area contributed by atoms with Crippen LogP contribution >= 0.6 is 0 Å². The molecule has 3 aromatic rings. The maximum Gasteiger partial charge on any atom is 0.281 e. The van der Waals surface area contributed by atoms with Gasteiger partial charge < -0.3 is 4.74 Å². The van der Waals surface area contributed by atoms with Gasteiger partial charge in [-0.25, -0.2) is 8.42 Å². The molecule has 1 aliphatic carbocycles. The van der Waals surface area contributed by atoms with E-state index in [9.17, 15) is 13.2 Å². The Bertz CT molecular complexity index is 1390. The summed E-state index contributed by atoms with van der Waals surface area (Å²) in [7, 11) is -4.70. The molecule has 1 aromatic carbocycles. The zero-order valence-corrected chi connectivity index (χ0v) is 25.7. The van der Waals surface area contributed by atoms with Crippen molar-refractivity contribution in [3.05, 3.63) is 64.7 Å². The SMILES string of the molecule is CC1(C)CCc2c(C(=O)N(COCC[Si](C)(C)C)c3c[nH]nc3C(CS(C)(=O)=O)c3ccccc3)n[nH]c2C1. The molecule has 1 aliphatic rings. The number of carbonyl (C=O) groups is 1. The Hall–Kier alpha value is -2.76. The summed E-state index contributed by atoms with van der Waals surface area (Å²) in [5.41, 5.74) is 4.28. The normalized spacial score (nSPS) is 16.1. The number of amides is 1. The van der Waals surface area contributed by atoms with Crippen molar-refractivity contribution in [1.82, 2.24) is 20.4 Å². The van der Waals surface area contributed by atoms with Gasteiger partial charge >= 0.3 is 0 Å². The highest BCUT2D eigenvalue weighted by Gasteiger charge is 2.35. The van der Waals surface area contributed by atoms with Gasteiger partial charge in [0.1, 0.15) is 16.6 Å². The van der Waals surface area contributed by atoms with Crippen molar-refractivity contribution in [2.75, 3.05) is 30.2 Å². The average molecular weight is 572 g/mol. The summed E-state index contributed by atoms with van der Waals surface area (Å²) in [4.78, 5) is 15.7. The van der Waals surface area contributed by atoms with E-state index in [1.165, 1.54) is 6.26 Å². The molecule has 4 rings (SSSR count). The van der Waals surface area contributed by atoms with Crippen molar-refractivity contribution >= 4 is 29.5 Å². The van der Waals surface area contributed by atoms with E-state index in [4.69, 9.17) is 4.74 Å². The zero-order chi connectivity index (χ0) is 28.4. The molecule has 0 saturated heterocycles. The largest absolute Gasteiger partial charge is 0.361 e. The second kappa shape index (κ2) is 11.4. The van der Waals surface area contributed by atoms with Gasteiger partial charge in [-0.05, 0) is 36.3 Å². The first-order chi connectivity index (χ1) is 18.2. The zero-order valence-electron chi connectivity index (χ0n) is 23.9. The Labute approximate surface area is 232 Å². The van der Waals surface area contributed by atoms with Gasteiger partial charge in [0.15, 0.2) is 5.69 Å². The molecule has 2 N–H and O–H groups in total. The van der Waals surface area contributed by atoms with Gasteiger partial charge in [0.25, 0.3) is 5.91 Å². The molecule has 0 saturated carbocycles. The molecule has 11 heteroatoms. The molecule has 212 valence electrons. The fourth-order valence-electron chi connectivity index (χ4n) is 5.01. The van der Waals surface area contributed by atoms with Crippen LogP contribution in [-0.4, -0.2) is 68.1 Å². The minimum absolute atomic E-state index is 0.0172. The van der Waals surface area contributed by atoms with Gasteiger partial charge in [0.2, 0.25) is 0 Å². The number of carbonyl (C=O) groups excluding carboxylic acids is 1. The van der Waals surface area contributed by atoms with Gasteiger partial charge in [-0.15, -0.1) is 0 Å². The number of hydrogen-bond acceptors (Lipinski definition) is 6. The van der Waals surface area contributed by atoms with E-state index in [1.807, 2.05) is 30.3 Å². The minimum Gasteiger partial charge on any atom is -0.361 e. The Morgan fingerprint density at radius 2 is 1.90 bits per heavy atom. The quantitative estimate of drug-likeness (QED) is 0.194. The molecular formula is C28H41N5O4SSi. The number of rotatable bonds is 11. The molecule has 0 aliphatic heterocycles. The number of aromatic nitrogens is 4. The average Bonchev–Trinajstić information content (AvgIpc) is 3.48. The topological polar surface area (TPSA) is 121 Å². The smallest absolute Gasteiger partial charge is 0.281 e. The van der Waals surface area contributed by atoms with Crippen molar-refractivity contribution < 1.29 is 17.9 Å². The van der Waals surface area contributed by atoms with Crippen molar-refractivity contribution in [1.29, 1.82) is 0 Å². The standard InChI is InChI=1S/C28H41N5O4SSi/c1-28(2)13-12-21-23(16-28)30-32-26(21)27(34)33(19-37-14-15-39(4,5)6)24-17-29-31-25(24)22(18-38(3,35)36)20-10-8-7-9-11-20/h7-11,17,22H,12-16,18-19H2,1-6H3,(H,29,31)(H,30,32). The molecule has 0 bridgehead atoms. The monoisotopic (exact) mass is 571 g/mol. The highest BCUT2D eigenvalue weighted by atomic mass is 32.2. The number of fused-ring (bicyclic) bond motifs is 1. The van der Waals surface area contributed by atoms with Crippen molar-refractivity contribution in [2.45, 2.75) is 64.7 Å². The highest BCUT2D eigenvalue weighted by molar-refractivity contribution is 7.90. The minimum atomic E-state index is -3.37. The van der Waals surface area contributed by atoms with Crippen LogP contribution in [0, 0.1) is 5.41 Å². The first kappa shape index (κ1) is 29.2. The van der Waals surface area contributed by atoms with E-state index in [2.05, 4.69) is 53.9 Å². The third-order valence-electron chi connectivity index (χ3n) is 7.27. The number of aromatic amines is 2. The molecule has 9 nitrogen and oxygen atoms in total. The molecule has 0 fully saturated rings. The van der Waals surface area contributed by atoms with Crippen LogP contribution in [0.25, 0.3) is 0 Å². The van der Waals surface area contributed by atoms with Crippen LogP contribution in [0.15, 0.2) is 36.5 Å². The second-order valence-electron chi connectivity index (χ2n) is 12.7. The van der Waals surface area contributed by atoms with Crippen LogP contribution in [0.3, 0.4) is 0 Å². The van der Waals surface area contributed by atoms with Gasteiger partial charge in [-0.1, -0.05) is 63.8 Å². The number of anilines is 1. The Morgan fingerprint density at radius 1 is 1.18 bits per heavy atom. The van der Waals surface area contributed by atoms with Crippen LogP contribution in [0.2, 0.25) is 25.7 Å². The first-order valence-electron chi connectivity index (χ1n) is 13.5. The number of nitrogens with one attached hydrogen (secondary N) is 2. The summed E-state index contributed by atoms with van der Waals surface area (Å²) in [6, 6.07) is 10.4. The van der Waals surface area contributed by atoms with E-state index < -0.39 is 23.8 Å². The van der Waals surface area contributed by atoms with Gasteiger partial charge in [0, 0.05) is 44.3 Å². The van der Waals surface area contributed by atoms with E-state index in [-0.39, 0.29) is 23.8 Å². The summed E-state index contributed by atoms with van der Waals surface area (Å²) < 4.78 is 31.0. The van der Waals surface area contributed by atoms with E-state index in [0.717, 1.165) is 42.1 Å². The van der Waals surface area contributed by atoms with Gasteiger partial charge in [0.05, 0.1) is 17.1 Å². The summed E-state index contributed by atoms with van der Waals surface area (Å²) in [5, 5.41) is 14.9.